The molecule has 1 aliphatic rings. The van der Waals surface area contributed by atoms with Gasteiger partial charge in [-0.3, -0.25) is 9.59 Å². The van der Waals surface area contributed by atoms with Crippen molar-refractivity contribution in [1.29, 1.82) is 0 Å². The van der Waals surface area contributed by atoms with Crippen molar-refractivity contribution in [2.75, 3.05) is 5.32 Å². The van der Waals surface area contributed by atoms with Crippen LogP contribution in [0.5, 0.6) is 0 Å². The van der Waals surface area contributed by atoms with Gasteiger partial charge >= 0.3 is 0 Å². The highest BCUT2D eigenvalue weighted by Gasteiger charge is 2.23. The summed E-state index contributed by atoms with van der Waals surface area (Å²) in [6.45, 7) is 1.94. The maximum atomic E-state index is 12.1. The fourth-order valence-corrected chi connectivity index (χ4v) is 2.83. The summed E-state index contributed by atoms with van der Waals surface area (Å²) in [5.41, 5.74) is 3.27. The molecule has 1 saturated carbocycles. The van der Waals surface area contributed by atoms with Crippen molar-refractivity contribution < 1.29 is 9.59 Å². The summed E-state index contributed by atoms with van der Waals surface area (Å²) in [6, 6.07) is 13.2. The van der Waals surface area contributed by atoms with Crippen molar-refractivity contribution in [2.24, 2.45) is 0 Å². The first-order valence-electron chi connectivity index (χ1n) is 8.17. The SMILES string of the molecule is Cc1cc(Br)ccc1NC(=O)/C=C/c1ccc(C(=O)NC2CC2)cc1. The first-order valence-corrected chi connectivity index (χ1v) is 8.97. The van der Waals surface area contributed by atoms with E-state index in [4.69, 9.17) is 0 Å². The van der Waals surface area contributed by atoms with Crippen LogP contribution in [-0.4, -0.2) is 17.9 Å². The second kappa shape index (κ2) is 7.66. The molecule has 0 atom stereocenters. The van der Waals surface area contributed by atoms with Gasteiger partial charge in [0.2, 0.25) is 5.91 Å². The van der Waals surface area contributed by atoms with Crippen LogP contribution in [0.15, 0.2) is 53.0 Å². The molecular weight excluding hydrogens is 380 g/mol. The van der Waals surface area contributed by atoms with Gasteiger partial charge in [0, 0.05) is 27.8 Å². The molecule has 2 aromatic rings. The summed E-state index contributed by atoms with van der Waals surface area (Å²) in [5, 5.41) is 5.81. The third-order valence-corrected chi connectivity index (χ3v) is 4.45. The van der Waals surface area contributed by atoms with E-state index in [2.05, 4.69) is 26.6 Å². The average Bonchev–Trinajstić information content (AvgIpc) is 3.40. The zero-order valence-electron chi connectivity index (χ0n) is 13.9. The third-order valence-electron chi connectivity index (χ3n) is 3.96. The minimum Gasteiger partial charge on any atom is -0.349 e. The number of carbonyl (C=O) groups is 2. The Morgan fingerprint density at radius 1 is 1.12 bits per heavy atom. The minimum atomic E-state index is -0.194. The van der Waals surface area contributed by atoms with E-state index in [9.17, 15) is 9.59 Å². The van der Waals surface area contributed by atoms with Gasteiger partial charge in [-0.15, -0.1) is 0 Å². The fraction of sp³-hybridized carbons (Fsp3) is 0.200. The van der Waals surface area contributed by atoms with E-state index in [1.807, 2.05) is 37.3 Å². The molecular formula is C20H19BrN2O2. The number of carbonyl (C=O) groups excluding carboxylic acids is 2. The van der Waals surface area contributed by atoms with Gasteiger partial charge in [-0.2, -0.15) is 0 Å². The lowest BCUT2D eigenvalue weighted by molar-refractivity contribution is -0.111. The Kier molecular flexibility index (Phi) is 5.34. The molecule has 2 N–H and O–H groups in total. The predicted molar refractivity (Wildman–Crippen MR) is 103 cm³/mol. The maximum absolute atomic E-state index is 12.1. The van der Waals surface area contributed by atoms with Crippen LogP contribution in [0.2, 0.25) is 0 Å². The lowest BCUT2D eigenvalue weighted by Crippen LogP contribution is -2.25. The molecule has 0 heterocycles. The van der Waals surface area contributed by atoms with Crippen molar-refractivity contribution in [1.82, 2.24) is 5.32 Å². The van der Waals surface area contributed by atoms with Crippen molar-refractivity contribution in [2.45, 2.75) is 25.8 Å². The summed E-state index contributed by atoms with van der Waals surface area (Å²) >= 11 is 3.40. The highest BCUT2D eigenvalue weighted by molar-refractivity contribution is 9.10. The first kappa shape index (κ1) is 17.4. The first-order chi connectivity index (χ1) is 12.0. The molecule has 1 aliphatic carbocycles. The standard InChI is InChI=1S/C20H19BrN2O2/c1-13-12-16(21)7-10-18(13)23-19(24)11-4-14-2-5-15(6-3-14)20(25)22-17-8-9-17/h2-7,10-12,17H,8-9H2,1H3,(H,22,25)(H,23,24)/b11-4+. The van der Waals surface area contributed by atoms with Gasteiger partial charge < -0.3 is 10.6 Å². The number of hydrogen-bond donors (Lipinski definition) is 2. The smallest absolute Gasteiger partial charge is 0.251 e. The monoisotopic (exact) mass is 398 g/mol. The Hall–Kier alpha value is -2.40. The van der Waals surface area contributed by atoms with E-state index >= 15 is 0 Å². The Morgan fingerprint density at radius 3 is 2.48 bits per heavy atom. The molecule has 0 saturated heterocycles. The number of halogens is 1. The van der Waals surface area contributed by atoms with Gasteiger partial charge in [0.05, 0.1) is 0 Å². The van der Waals surface area contributed by atoms with Crippen molar-refractivity contribution in [3.05, 3.63) is 69.7 Å². The van der Waals surface area contributed by atoms with Crippen LogP contribution in [-0.2, 0) is 4.79 Å². The van der Waals surface area contributed by atoms with Crippen molar-refractivity contribution in [3.63, 3.8) is 0 Å². The largest absolute Gasteiger partial charge is 0.349 e. The number of aryl methyl sites for hydroxylation is 1. The maximum Gasteiger partial charge on any atom is 0.251 e. The highest BCUT2D eigenvalue weighted by atomic mass is 79.9. The second-order valence-electron chi connectivity index (χ2n) is 6.15. The van der Waals surface area contributed by atoms with Gasteiger partial charge in [0.1, 0.15) is 0 Å². The van der Waals surface area contributed by atoms with Crippen LogP contribution in [0, 0.1) is 6.92 Å². The van der Waals surface area contributed by atoms with Crippen LogP contribution in [0.1, 0.15) is 34.3 Å². The Morgan fingerprint density at radius 2 is 1.84 bits per heavy atom. The van der Waals surface area contributed by atoms with E-state index in [1.165, 1.54) is 6.08 Å². The van der Waals surface area contributed by atoms with Crippen LogP contribution in [0.3, 0.4) is 0 Å². The molecule has 2 amide bonds. The highest BCUT2D eigenvalue weighted by Crippen LogP contribution is 2.20. The number of amides is 2. The topological polar surface area (TPSA) is 58.2 Å². The van der Waals surface area contributed by atoms with Crippen LogP contribution >= 0.6 is 15.9 Å². The molecule has 5 heteroatoms. The quantitative estimate of drug-likeness (QED) is 0.737. The molecule has 128 valence electrons. The fourth-order valence-electron chi connectivity index (χ4n) is 2.36. The number of anilines is 1. The lowest BCUT2D eigenvalue weighted by atomic mass is 10.1. The third kappa shape index (κ3) is 5.03. The predicted octanol–water partition coefficient (Wildman–Crippen LogP) is 4.30. The Labute approximate surface area is 155 Å². The van der Waals surface area contributed by atoms with Gasteiger partial charge in [-0.05, 0) is 67.3 Å². The summed E-state index contributed by atoms with van der Waals surface area (Å²) in [4.78, 5) is 24.0. The number of benzene rings is 2. The van der Waals surface area contributed by atoms with E-state index in [0.29, 0.717) is 11.6 Å². The average molecular weight is 399 g/mol. The van der Waals surface area contributed by atoms with Gasteiger partial charge in [0.25, 0.3) is 5.91 Å². The molecule has 3 rings (SSSR count). The summed E-state index contributed by atoms with van der Waals surface area (Å²) < 4.78 is 0.976. The van der Waals surface area contributed by atoms with Crippen molar-refractivity contribution in [3.8, 4) is 0 Å². The zero-order valence-corrected chi connectivity index (χ0v) is 15.5. The summed E-state index contributed by atoms with van der Waals surface area (Å²) in [6.07, 6.45) is 5.35. The van der Waals surface area contributed by atoms with Gasteiger partial charge in [-0.25, -0.2) is 0 Å². The molecule has 2 aromatic carbocycles. The molecule has 25 heavy (non-hydrogen) atoms. The molecule has 0 unspecified atom stereocenters. The van der Waals surface area contributed by atoms with Crippen LogP contribution in [0.4, 0.5) is 5.69 Å². The van der Waals surface area contributed by atoms with E-state index in [1.54, 1.807) is 18.2 Å². The Bertz CT molecular complexity index is 824. The van der Waals surface area contributed by atoms with E-state index in [0.717, 1.165) is 34.1 Å². The second-order valence-corrected chi connectivity index (χ2v) is 7.07. The van der Waals surface area contributed by atoms with E-state index in [-0.39, 0.29) is 11.8 Å². The minimum absolute atomic E-state index is 0.0403. The molecule has 0 spiro atoms. The van der Waals surface area contributed by atoms with Crippen LogP contribution in [0.25, 0.3) is 6.08 Å². The number of hydrogen-bond acceptors (Lipinski definition) is 2. The lowest BCUT2D eigenvalue weighted by Gasteiger charge is -2.06. The van der Waals surface area contributed by atoms with Gasteiger partial charge in [-0.1, -0.05) is 28.1 Å². The molecule has 0 aromatic heterocycles. The van der Waals surface area contributed by atoms with E-state index < -0.39 is 0 Å². The summed E-state index contributed by atoms with van der Waals surface area (Å²) in [5.74, 6) is -0.234. The number of rotatable bonds is 5. The molecule has 0 bridgehead atoms. The number of nitrogens with one attached hydrogen (secondary N) is 2. The molecule has 4 nitrogen and oxygen atoms in total. The molecule has 0 aliphatic heterocycles. The Balaban J connectivity index is 1.58. The zero-order chi connectivity index (χ0) is 17.8. The van der Waals surface area contributed by atoms with Crippen molar-refractivity contribution >= 4 is 39.5 Å². The summed E-state index contributed by atoms with van der Waals surface area (Å²) in [7, 11) is 0. The van der Waals surface area contributed by atoms with Crippen LogP contribution < -0.4 is 10.6 Å². The normalized spacial score (nSPS) is 13.7. The molecule has 0 radical (unpaired) electrons. The van der Waals surface area contributed by atoms with Gasteiger partial charge in [0.15, 0.2) is 0 Å². The molecule has 1 fully saturated rings.